The van der Waals surface area contributed by atoms with Crippen LogP contribution in [0, 0.1) is 10.1 Å². The number of allylic oxidation sites excluding steroid dienone is 2. The minimum absolute atomic E-state index is 0.142. The number of carbonyl (C=O) groups excluding carboxylic acids is 4. The first-order valence-corrected chi connectivity index (χ1v) is 10.8. The highest BCUT2D eigenvalue weighted by molar-refractivity contribution is 6.24. The number of hydrogen-bond donors (Lipinski definition) is 0. The fraction of sp³-hybridized carbons (Fsp3) is 0.261. The number of amides is 4. The van der Waals surface area contributed by atoms with Crippen LogP contribution in [0.1, 0.15) is 40.5 Å². The molecule has 1 unspecified atom stereocenters. The van der Waals surface area contributed by atoms with Gasteiger partial charge in [0.15, 0.2) is 0 Å². The number of rotatable bonds is 7. The van der Waals surface area contributed by atoms with E-state index in [-0.39, 0.29) is 35.4 Å². The highest BCUT2D eigenvalue weighted by Gasteiger charge is 2.48. The van der Waals surface area contributed by atoms with Gasteiger partial charge in [-0.05, 0) is 36.8 Å². The summed E-state index contributed by atoms with van der Waals surface area (Å²) < 4.78 is 1.16. The van der Waals surface area contributed by atoms with Gasteiger partial charge in [-0.1, -0.05) is 29.3 Å². The average molecular weight is 477 g/mol. The Balaban J connectivity index is 1.50. The molecule has 1 fully saturated rings. The summed E-state index contributed by atoms with van der Waals surface area (Å²) in [6.07, 6.45) is 7.18. The number of nitrogens with zero attached hydrogens (tertiary/aromatic N) is 5. The van der Waals surface area contributed by atoms with Crippen molar-refractivity contribution in [2.24, 2.45) is 0 Å². The average Bonchev–Trinajstić information content (AvgIpc) is 3.47. The van der Waals surface area contributed by atoms with Crippen LogP contribution < -0.4 is 0 Å². The Morgan fingerprint density at radius 3 is 2.09 bits per heavy atom. The largest absolute Gasteiger partial charge is 0.434 e. The van der Waals surface area contributed by atoms with E-state index >= 15 is 0 Å². The van der Waals surface area contributed by atoms with Crippen LogP contribution in [0.15, 0.2) is 60.0 Å². The van der Waals surface area contributed by atoms with Crippen molar-refractivity contribution >= 4 is 29.6 Å². The van der Waals surface area contributed by atoms with E-state index < -0.39 is 40.1 Å². The van der Waals surface area contributed by atoms with Gasteiger partial charge in [0.05, 0.1) is 17.7 Å². The maximum Gasteiger partial charge on any atom is 0.434 e. The molecular weight excluding hydrogens is 458 g/mol. The van der Waals surface area contributed by atoms with Crippen LogP contribution >= 0.6 is 0 Å². The quantitative estimate of drug-likeness (QED) is 0.333. The topological polar surface area (TPSA) is 145 Å². The first-order chi connectivity index (χ1) is 16.7. The Kier molecular flexibility index (Phi) is 5.17. The Labute approximate surface area is 198 Å². The third kappa shape index (κ3) is 3.64. The fourth-order valence-corrected chi connectivity index (χ4v) is 4.48. The number of likely N-dealkylation sites (tertiary alicyclic amines) is 1. The van der Waals surface area contributed by atoms with Crippen LogP contribution in [-0.4, -0.2) is 60.2 Å². The van der Waals surface area contributed by atoms with Crippen LogP contribution in [0.5, 0.6) is 0 Å². The lowest BCUT2D eigenvalue weighted by Crippen LogP contribution is -2.52. The summed E-state index contributed by atoms with van der Waals surface area (Å²) in [7, 11) is 0. The predicted octanol–water partition coefficient (Wildman–Crippen LogP) is 1.79. The molecule has 0 saturated carbocycles. The van der Waals surface area contributed by atoms with Gasteiger partial charge in [-0.2, -0.15) is 0 Å². The van der Waals surface area contributed by atoms with Crippen LogP contribution in [0.25, 0.3) is 0 Å². The molecular formula is C23H19N5O7. The Hall–Kier alpha value is -4.45. The normalized spacial score (nSPS) is 18.9. The number of fused-ring (bicyclic) bond motifs is 2. The monoisotopic (exact) mass is 477 g/mol. The van der Waals surface area contributed by atoms with Crippen LogP contribution in [0.2, 0.25) is 0 Å². The first kappa shape index (κ1) is 22.3. The molecule has 3 aliphatic rings. The van der Waals surface area contributed by atoms with Gasteiger partial charge in [-0.25, -0.2) is 4.57 Å². The van der Waals surface area contributed by atoms with Gasteiger partial charge in [0.1, 0.15) is 24.5 Å². The maximum absolute atomic E-state index is 13.0. The van der Waals surface area contributed by atoms with Gasteiger partial charge >= 0.3 is 5.95 Å². The zero-order chi connectivity index (χ0) is 24.9. The second-order valence-electron chi connectivity index (χ2n) is 8.61. The van der Waals surface area contributed by atoms with Gasteiger partial charge in [-0.3, -0.25) is 28.9 Å². The number of hydrogen-bond acceptors (Lipinski definition) is 8. The molecule has 0 spiro atoms. The minimum atomic E-state index is -1.61. The molecule has 1 aromatic carbocycles. The number of aromatic nitrogens is 2. The minimum Gasteiger partial charge on any atom is -0.390 e. The van der Waals surface area contributed by atoms with E-state index in [0.717, 1.165) is 9.47 Å². The van der Waals surface area contributed by atoms with Gasteiger partial charge < -0.3 is 10.1 Å². The number of imidazole rings is 1. The second-order valence-corrected chi connectivity index (χ2v) is 8.61. The predicted molar refractivity (Wildman–Crippen MR) is 117 cm³/mol. The molecule has 0 N–H and O–H groups in total. The van der Waals surface area contributed by atoms with E-state index in [4.69, 9.17) is 4.84 Å². The SMILES string of the molecule is CC(CN1C(=O)C2=CCCC=C2C1=O)(Cn1ccnc1[N+](=O)[O-])ON1C(=O)c2ccccc2C1=O. The van der Waals surface area contributed by atoms with Crippen molar-refractivity contribution in [3.63, 3.8) is 0 Å². The van der Waals surface area contributed by atoms with Crippen LogP contribution in [0.4, 0.5) is 5.95 Å². The summed E-state index contributed by atoms with van der Waals surface area (Å²) in [5.41, 5.74) is -0.749. The van der Waals surface area contributed by atoms with E-state index in [0.29, 0.717) is 17.9 Å². The van der Waals surface area contributed by atoms with E-state index in [1.54, 1.807) is 24.3 Å². The summed E-state index contributed by atoms with van der Waals surface area (Å²) in [5, 5.41) is 12.0. The van der Waals surface area contributed by atoms with Crippen molar-refractivity contribution in [2.75, 3.05) is 6.54 Å². The standard InChI is InChI=1S/C23H19N5O7/c1-23(12-25-11-10-24-22(25)28(33)34,13-26-18(29)14-6-2-3-7-15(14)19(26)30)35-27-20(31)16-8-4-5-9-17(16)21(27)32/h4-11H,2-3,12-13H2,1H3. The number of nitro groups is 1. The third-order valence-corrected chi connectivity index (χ3v) is 6.03. The summed E-state index contributed by atoms with van der Waals surface area (Å²) >= 11 is 0. The Morgan fingerprint density at radius 2 is 1.54 bits per heavy atom. The summed E-state index contributed by atoms with van der Waals surface area (Å²) in [6, 6.07) is 6.17. The van der Waals surface area contributed by atoms with Gasteiger partial charge in [-0.15, -0.1) is 5.06 Å². The molecule has 1 saturated heterocycles. The van der Waals surface area contributed by atoms with Crippen molar-refractivity contribution in [2.45, 2.75) is 31.9 Å². The van der Waals surface area contributed by atoms with E-state index in [1.807, 2.05) is 0 Å². The van der Waals surface area contributed by atoms with Crippen molar-refractivity contribution < 1.29 is 28.9 Å². The van der Waals surface area contributed by atoms with Crippen molar-refractivity contribution in [1.29, 1.82) is 0 Å². The lowest BCUT2D eigenvalue weighted by atomic mass is 10.0. The van der Waals surface area contributed by atoms with E-state index in [2.05, 4.69) is 4.98 Å². The summed E-state index contributed by atoms with van der Waals surface area (Å²) in [6.45, 7) is 0.805. The zero-order valence-corrected chi connectivity index (χ0v) is 18.5. The molecule has 178 valence electrons. The van der Waals surface area contributed by atoms with E-state index in [1.165, 1.54) is 31.5 Å². The molecule has 5 rings (SSSR count). The molecule has 3 heterocycles. The molecule has 2 aliphatic heterocycles. The van der Waals surface area contributed by atoms with Crippen molar-refractivity contribution in [3.05, 3.63) is 81.2 Å². The lowest BCUT2D eigenvalue weighted by Gasteiger charge is -2.33. The highest BCUT2D eigenvalue weighted by Crippen LogP contribution is 2.33. The molecule has 1 atom stereocenters. The molecule has 2 aromatic rings. The second kappa shape index (κ2) is 8.09. The zero-order valence-electron chi connectivity index (χ0n) is 18.5. The summed E-state index contributed by atoms with van der Waals surface area (Å²) in [5.74, 6) is -2.98. The number of hydroxylamine groups is 2. The molecule has 1 aliphatic carbocycles. The number of benzene rings is 1. The van der Waals surface area contributed by atoms with Crippen molar-refractivity contribution in [3.8, 4) is 0 Å². The molecule has 0 radical (unpaired) electrons. The van der Waals surface area contributed by atoms with Crippen LogP contribution in [-0.2, 0) is 21.0 Å². The van der Waals surface area contributed by atoms with Crippen LogP contribution in [0.3, 0.4) is 0 Å². The number of carbonyl (C=O) groups is 4. The molecule has 1 aromatic heterocycles. The van der Waals surface area contributed by atoms with Gasteiger partial charge in [0.2, 0.25) is 0 Å². The number of imide groups is 2. The smallest absolute Gasteiger partial charge is 0.390 e. The maximum atomic E-state index is 13.0. The Morgan fingerprint density at radius 1 is 0.971 bits per heavy atom. The van der Waals surface area contributed by atoms with E-state index in [9.17, 15) is 29.3 Å². The highest BCUT2D eigenvalue weighted by atomic mass is 16.7. The van der Waals surface area contributed by atoms with Gasteiger partial charge in [0, 0.05) is 11.1 Å². The molecule has 0 bridgehead atoms. The first-order valence-electron chi connectivity index (χ1n) is 10.8. The third-order valence-electron chi connectivity index (χ3n) is 6.03. The summed E-state index contributed by atoms with van der Waals surface area (Å²) in [4.78, 5) is 73.2. The Bertz CT molecular complexity index is 1310. The molecule has 4 amide bonds. The molecule has 12 heteroatoms. The fourth-order valence-electron chi connectivity index (χ4n) is 4.48. The molecule has 12 nitrogen and oxygen atoms in total. The van der Waals surface area contributed by atoms with Crippen molar-refractivity contribution in [1.82, 2.24) is 19.5 Å². The molecule has 35 heavy (non-hydrogen) atoms. The lowest BCUT2D eigenvalue weighted by molar-refractivity contribution is -0.397. The van der Waals surface area contributed by atoms with Gasteiger partial charge in [0.25, 0.3) is 23.6 Å².